The van der Waals surface area contributed by atoms with E-state index in [-0.39, 0.29) is 0 Å². The summed E-state index contributed by atoms with van der Waals surface area (Å²) in [5.74, 6) is 0. The van der Waals surface area contributed by atoms with Gasteiger partial charge in [-0.15, -0.1) is 0 Å². The number of hydrogen-bond donors (Lipinski definition) is 0. The molecule has 17 heavy (non-hydrogen) atoms. The number of fused-ring (bicyclic) bond motifs is 1. The molecule has 0 bridgehead atoms. The third-order valence-corrected chi connectivity index (χ3v) is 4.00. The van der Waals surface area contributed by atoms with Gasteiger partial charge in [0, 0.05) is 12.6 Å². The lowest BCUT2D eigenvalue weighted by Gasteiger charge is -2.25. The molecule has 2 nitrogen and oxygen atoms in total. The Labute approximate surface area is 104 Å². The predicted molar refractivity (Wildman–Crippen MR) is 68.8 cm³/mol. The van der Waals surface area contributed by atoms with E-state index in [2.05, 4.69) is 35.2 Å². The van der Waals surface area contributed by atoms with E-state index in [0.717, 1.165) is 13.0 Å². The molecule has 2 heterocycles. The van der Waals surface area contributed by atoms with Crippen molar-refractivity contribution < 1.29 is 4.74 Å². The smallest absolute Gasteiger partial charge is 0.111 e. The third kappa shape index (κ3) is 2.53. The van der Waals surface area contributed by atoms with Crippen LogP contribution in [0.15, 0.2) is 30.3 Å². The summed E-state index contributed by atoms with van der Waals surface area (Å²) in [6.07, 6.45) is 6.81. The fourth-order valence-corrected chi connectivity index (χ4v) is 3.08. The Morgan fingerprint density at radius 3 is 2.88 bits per heavy atom. The van der Waals surface area contributed by atoms with Crippen molar-refractivity contribution in [3.63, 3.8) is 0 Å². The first-order chi connectivity index (χ1) is 8.43. The summed E-state index contributed by atoms with van der Waals surface area (Å²) in [5.41, 5.74) is 1.44. The maximum atomic E-state index is 5.95. The standard InChI is InChI=1S/C15H21NO/c1-3-7-13(8-4-1)11-14-12-17-15-9-5-2-6-10-16(14)15/h1,3-4,7-8,14-15H,2,5-6,9-12H2. The first-order valence-electron chi connectivity index (χ1n) is 6.85. The van der Waals surface area contributed by atoms with Gasteiger partial charge in [0.2, 0.25) is 0 Å². The molecule has 0 saturated carbocycles. The molecule has 0 aliphatic carbocycles. The zero-order valence-corrected chi connectivity index (χ0v) is 10.3. The Morgan fingerprint density at radius 2 is 2.00 bits per heavy atom. The lowest BCUT2D eigenvalue weighted by Crippen LogP contribution is -2.37. The van der Waals surface area contributed by atoms with E-state index in [0.29, 0.717) is 12.3 Å². The first kappa shape index (κ1) is 11.2. The molecule has 0 N–H and O–H groups in total. The van der Waals surface area contributed by atoms with Crippen LogP contribution in [0.4, 0.5) is 0 Å². The predicted octanol–water partition coefficient (Wildman–Crippen LogP) is 2.83. The lowest BCUT2D eigenvalue weighted by molar-refractivity contribution is 0.0303. The van der Waals surface area contributed by atoms with Crippen LogP contribution in [0.5, 0.6) is 0 Å². The average molecular weight is 231 g/mol. The summed E-state index contributed by atoms with van der Waals surface area (Å²) in [7, 11) is 0. The van der Waals surface area contributed by atoms with Gasteiger partial charge in [0.1, 0.15) is 6.23 Å². The summed E-state index contributed by atoms with van der Waals surface area (Å²) < 4.78 is 5.95. The van der Waals surface area contributed by atoms with Crippen molar-refractivity contribution in [2.45, 2.75) is 44.4 Å². The van der Waals surface area contributed by atoms with Gasteiger partial charge in [-0.2, -0.15) is 0 Å². The van der Waals surface area contributed by atoms with Crippen LogP contribution in [0.25, 0.3) is 0 Å². The molecule has 0 amide bonds. The van der Waals surface area contributed by atoms with Gasteiger partial charge in [-0.05, 0) is 31.2 Å². The highest BCUT2D eigenvalue weighted by Crippen LogP contribution is 2.27. The van der Waals surface area contributed by atoms with Gasteiger partial charge in [-0.3, -0.25) is 4.90 Å². The molecule has 2 atom stereocenters. The second-order valence-electron chi connectivity index (χ2n) is 5.22. The van der Waals surface area contributed by atoms with Crippen LogP contribution in [0.3, 0.4) is 0 Å². The van der Waals surface area contributed by atoms with E-state index in [1.165, 1.54) is 37.8 Å². The van der Waals surface area contributed by atoms with Crippen LogP contribution in [-0.4, -0.2) is 30.3 Å². The van der Waals surface area contributed by atoms with Crippen molar-refractivity contribution in [2.24, 2.45) is 0 Å². The highest BCUT2D eigenvalue weighted by atomic mass is 16.5. The van der Waals surface area contributed by atoms with Gasteiger partial charge in [0.25, 0.3) is 0 Å². The molecule has 2 saturated heterocycles. The SMILES string of the molecule is c1ccc(CC2COC3CCCCCN23)cc1. The van der Waals surface area contributed by atoms with Gasteiger partial charge in [-0.1, -0.05) is 36.8 Å². The Kier molecular flexibility index (Phi) is 3.44. The molecule has 2 aliphatic heterocycles. The maximum absolute atomic E-state index is 5.95. The lowest BCUT2D eigenvalue weighted by atomic mass is 10.1. The minimum atomic E-state index is 0.409. The van der Waals surface area contributed by atoms with E-state index in [4.69, 9.17) is 4.74 Å². The highest BCUT2D eigenvalue weighted by molar-refractivity contribution is 5.16. The first-order valence-corrected chi connectivity index (χ1v) is 6.85. The minimum Gasteiger partial charge on any atom is -0.361 e. The Bertz CT molecular complexity index is 351. The van der Waals surface area contributed by atoms with E-state index < -0.39 is 0 Å². The number of ether oxygens (including phenoxy) is 1. The van der Waals surface area contributed by atoms with E-state index in [9.17, 15) is 0 Å². The molecule has 2 fully saturated rings. The Balaban J connectivity index is 1.67. The van der Waals surface area contributed by atoms with Gasteiger partial charge < -0.3 is 4.74 Å². The molecular formula is C15H21NO. The average Bonchev–Trinajstić information content (AvgIpc) is 2.61. The van der Waals surface area contributed by atoms with Crippen LogP contribution >= 0.6 is 0 Å². The molecule has 3 rings (SSSR count). The van der Waals surface area contributed by atoms with Gasteiger partial charge >= 0.3 is 0 Å². The Morgan fingerprint density at radius 1 is 1.12 bits per heavy atom. The number of nitrogens with zero attached hydrogens (tertiary/aromatic N) is 1. The summed E-state index contributed by atoms with van der Waals surface area (Å²) in [4.78, 5) is 2.60. The summed E-state index contributed by atoms with van der Waals surface area (Å²) >= 11 is 0. The van der Waals surface area contributed by atoms with Crippen LogP contribution in [0.2, 0.25) is 0 Å². The van der Waals surface area contributed by atoms with E-state index in [1.54, 1.807) is 0 Å². The second kappa shape index (κ2) is 5.19. The molecule has 2 heteroatoms. The molecule has 0 aromatic heterocycles. The molecule has 0 radical (unpaired) electrons. The molecule has 2 aliphatic rings. The summed E-state index contributed by atoms with van der Waals surface area (Å²) in [5, 5.41) is 0. The largest absolute Gasteiger partial charge is 0.361 e. The fourth-order valence-electron chi connectivity index (χ4n) is 3.08. The quantitative estimate of drug-likeness (QED) is 0.776. The molecule has 0 spiro atoms. The molecule has 1 aromatic carbocycles. The minimum absolute atomic E-state index is 0.409. The summed E-state index contributed by atoms with van der Waals surface area (Å²) in [6, 6.07) is 11.4. The zero-order chi connectivity index (χ0) is 11.5. The topological polar surface area (TPSA) is 12.5 Å². The van der Waals surface area contributed by atoms with Crippen LogP contribution in [-0.2, 0) is 11.2 Å². The van der Waals surface area contributed by atoms with Crippen LogP contribution in [0, 0.1) is 0 Å². The monoisotopic (exact) mass is 231 g/mol. The molecule has 92 valence electrons. The van der Waals surface area contributed by atoms with Gasteiger partial charge in [0.15, 0.2) is 0 Å². The van der Waals surface area contributed by atoms with Crippen molar-refractivity contribution in [3.8, 4) is 0 Å². The highest BCUT2D eigenvalue weighted by Gasteiger charge is 2.34. The van der Waals surface area contributed by atoms with Crippen molar-refractivity contribution in [1.29, 1.82) is 0 Å². The van der Waals surface area contributed by atoms with Crippen molar-refractivity contribution in [3.05, 3.63) is 35.9 Å². The van der Waals surface area contributed by atoms with E-state index >= 15 is 0 Å². The summed E-state index contributed by atoms with van der Waals surface area (Å²) in [6.45, 7) is 2.14. The second-order valence-corrected chi connectivity index (χ2v) is 5.22. The van der Waals surface area contributed by atoms with Crippen LogP contribution < -0.4 is 0 Å². The van der Waals surface area contributed by atoms with Crippen molar-refractivity contribution in [2.75, 3.05) is 13.2 Å². The zero-order valence-electron chi connectivity index (χ0n) is 10.3. The number of benzene rings is 1. The van der Waals surface area contributed by atoms with Crippen molar-refractivity contribution in [1.82, 2.24) is 4.90 Å². The van der Waals surface area contributed by atoms with Crippen molar-refractivity contribution >= 4 is 0 Å². The molecular weight excluding hydrogens is 210 g/mol. The fraction of sp³-hybridized carbons (Fsp3) is 0.600. The number of hydrogen-bond acceptors (Lipinski definition) is 2. The van der Waals surface area contributed by atoms with Crippen LogP contribution in [0.1, 0.15) is 31.2 Å². The molecule has 1 aromatic rings. The normalized spacial score (nSPS) is 29.9. The third-order valence-electron chi connectivity index (χ3n) is 4.00. The van der Waals surface area contributed by atoms with Gasteiger partial charge in [0.05, 0.1) is 6.61 Å². The maximum Gasteiger partial charge on any atom is 0.111 e. The van der Waals surface area contributed by atoms with Gasteiger partial charge in [-0.25, -0.2) is 0 Å². The van der Waals surface area contributed by atoms with E-state index in [1.807, 2.05) is 0 Å². The Hall–Kier alpha value is -0.860. The molecule has 2 unspecified atom stereocenters. The number of rotatable bonds is 2.